The molecule has 0 fully saturated rings. The smallest absolute Gasteiger partial charge is 0.161 e. The Labute approximate surface area is 112 Å². The summed E-state index contributed by atoms with van der Waals surface area (Å²) in [6, 6.07) is 5.81. The quantitative estimate of drug-likeness (QED) is 0.912. The first-order chi connectivity index (χ1) is 9.33. The van der Waals surface area contributed by atoms with Crippen LogP contribution in [0.15, 0.2) is 36.9 Å². The third kappa shape index (κ3) is 2.71. The summed E-state index contributed by atoms with van der Waals surface area (Å²) in [5.41, 5.74) is 7.25. The maximum absolute atomic E-state index is 6.21. The van der Waals surface area contributed by atoms with E-state index in [-0.39, 0.29) is 6.04 Å². The number of nitrogens with zero attached hydrogens (tertiary/aromatic N) is 2. The van der Waals surface area contributed by atoms with E-state index in [0.717, 1.165) is 23.5 Å². The molecule has 0 amide bonds. The molecule has 2 N–H and O–H groups in total. The fraction of sp³-hybridized carbons (Fsp3) is 0.357. The average molecular weight is 259 g/mol. The van der Waals surface area contributed by atoms with Crippen LogP contribution in [-0.4, -0.2) is 22.8 Å². The van der Waals surface area contributed by atoms with Gasteiger partial charge in [0.15, 0.2) is 11.5 Å². The summed E-state index contributed by atoms with van der Waals surface area (Å²) >= 11 is 0. The van der Waals surface area contributed by atoms with E-state index in [0.29, 0.717) is 19.8 Å². The maximum Gasteiger partial charge on any atom is 0.161 e. The second-order valence-corrected chi connectivity index (χ2v) is 4.62. The lowest BCUT2D eigenvalue weighted by Gasteiger charge is -2.15. The largest absolute Gasteiger partial charge is 0.490 e. The molecule has 2 aromatic rings. The van der Waals surface area contributed by atoms with Crippen LogP contribution in [-0.2, 0) is 6.54 Å². The second-order valence-electron chi connectivity index (χ2n) is 4.62. The predicted molar refractivity (Wildman–Crippen MR) is 71.2 cm³/mol. The van der Waals surface area contributed by atoms with Gasteiger partial charge in [-0.05, 0) is 17.7 Å². The van der Waals surface area contributed by atoms with E-state index >= 15 is 0 Å². The standard InChI is InChI=1S/C14H17N3O2/c15-12(9-17-5-4-16-10-17)11-2-3-13-14(8-11)19-7-1-6-18-13/h2-5,8,10,12H,1,6-7,9,15H2. The molecule has 1 aromatic carbocycles. The van der Waals surface area contributed by atoms with Gasteiger partial charge < -0.3 is 19.8 Å². The highest BCUT2D eigenvalue weighted by atomic mass is 16.5. The van der Waals surface area contributed by atoms with Crippen molar-refractivity contribution in [3.8, 4) is 11.5 Å². The zero-order valence-corrected chi connectivity index (χ0v) is 10.7. The predicted octanol–water partition coefficient (Wildman–Crippen LogP) is 1.74. The number of hydrogen-bond donors (Lipinski definition) is 1. The van der Waals surface area contributed by atoms with E-state index in [4.69, 9.17) is 15.2 Å². The van der Waals surface area contributed by atoms with Crippen molar-refractivity contribution in [2.75, 3.05) is 13.2 Å². The lowest BCUT2D eigenvalue weighted by Crippen LogP contribution is -2.16. The van der Waals surface area contributed by atoms with Crippen LogP contribution in [0.1, 0.15) is 18.0 Å². The number of rotatable bonds is 3. The molecule has 0 radical (unpaired) electrons. The van der Waals surface area contributed by atoms with Crippen molar-refractivity contribution in [3.05, 3.63) is 42.5 Å². The summed E-state index contributed by atoms with van der Waals surface area (Å²) in [5.74, 6) is 1.59. The Morgan fingerprint density at radius 1 is 1.26 bits per heavy atom. The lowest BCUT2D eigenvalue weighted by atomic mass is 10.1. The number of ether oxygens (including phenoxy) is 2. The van der Waals surface area contributed by atoms with Crippen molar-refractivity contribution >= 4 is 0 Å². The minimum Gasteiger partial charge on any atom is -0.490 e. The molecule has 0 aliphatic carbocycles. The van der Waals surface area contributed by atoms with Crippen molar-refractivity contribution in [2.24, 2.45) is 5.73 Å². The van der Waals surface area contributed by atoms with Crippen molar-refractivity contribution in [1.82, 2.24) is 9.55 Å². The maximum atomic E-state index is 6.21. The van der Waals surface area contributed by atoms with Gasteiger partial charge in [0.25, 0.3) is 0 Å². The van der Waals surface area contributed by atoms with E-state index < -0.39 is 0 Å². The molecular formula is C14H17N3O2. The Kier molecular flexibility index (Phi) is 3.37. The third-order valence-electron chi connectivity index (χ3n) is 3.17. The number of benzene rings is 1. The van der Waals surface area contributed by atoms with Crippen LogP contribution >= 0.6 is 0 Å². The first-order valence-electron chi connectivity index (χ1n) is 6.44. The minimum absolute atomic E-state index is 0.0913. The number of hydrogen-bond acceptors (Lipinski definition) is 4. The molecule has 0 bridgehead atoms. The Balaban J connectivity index is 1.79. The normalized spacial score (nSPS) is 15.8. The highest BCUT2D eigenvalue weighted by molar-refractivity contribution is 5.44. The van der Waals surface area contributed by atoms with Crippen LogP contribution in [0.2, 0.25) is 0 Å². The van der Waals surface area contributed by atoms with Gasteiger partial charge in [-0.3, -0.25) is 0 Å². The fourth-order valence-electron chi connectivity index (χ4n) is 2.14. The Morgan fingerprint density at radius 3 is 2.89 bits per heavy atom. The Bertz CT molecular complexity index is 540. The summed E-state index contributed by atoms with van der Waals surface area (Å²) < 4.78 is 13.2. The van der Waals surface area contributed by atoms with Crippen LogP contribution in [0.25, 0.3) is 0 Å². The van der Waals surface area contributed by atoms with Crippen LogP contribution in [0.3, 0.4) is 0 Å². The lowest BCUT2D eigenvalue weighted by molar-refractivity contribution is 0.297. The van der Waals surface area contributed by atoms with Crippen LogP contribution in [0.5, 0.6) is 11.5 Å². The van der Waals surface area contributed by atoms with Gasteiger partial charge in [0.05, 0.1) is 19.5 Å². The summed E-state index contributed by atoms with van der Waals surface area (Å²) in [6.45, 7) is 2.08. The molecule has 100 valence electrons. The van der Waals surface area contributed by atoms with Gasteiger partial charge >= 0.3 is 0 Å². The van der Waals surface area contributed by atoms with E-state index in [2.05, 4.69) is 4.98 Å². The summed E-state index contributed by atoms with van der Waals surface area (Å²) in [7, 11) is 0. The molecular weight excluding hydrogens is 242 g/mol. The molecule has 5 heteroatoms. The van der Waals surface area contributed by atoms with Crippen LogP contribution < -0.4 is 15.2 Å². The average Bonchev–Trinajstić information content (AvgIpc) is 2.81. The number of fused-ring (bicyclic) bond motifs is 1. The molecule has 5 nitrogen and oxygen atoms in total. The van der Waals surface area contributed by atoms with E-state index in [1.807, 2.05) is 29.0 Å². The van der Waals surface area contributed by atoms with Gasteiger partial charge in [0.2, 0.25) is 0 Å². The highest BCUT2D eigenvalue weighted by Crippen LogP contribution is 2.32. The second kappa shape index (κ2) is 5.32. The SMILES string of the molecule is NC(Cn1ccnc1)c1ccc2c(c1)OCCCO2. The molecule has 19 heavy (non-hydrogen) atoms. The van der Waals surface area contributed by atoms with Gasteiger partial charge in [-0.25, -0.2) is 4.98 Å². The molecule has 1 unspecified atom stereocenters. The van der Waals surface area contributed by atoms with Crippen LogP contribution in [0, 0.1) is 0 Å². The molecule has 0 saturated carbocycles. The fourth-order valence-corrected chi connectivity index (χ4v) is 2.14. The Morgan fingerprint density at radius 2 is 2.11 bits per heavy atom. The molecule has 0 spiro atoms. The number of nitrogens with two attached hydrogens (primary N) is 1. The monoisotopic (exact) mass is 259 g/mol. The van der Waals surface area contributed by atoms with Crippen molar-refractivity contribution in [1.29, 1.82) is 0 Å². The topological polar surface area (TPSA) is 62.3 Å². The highest BCUT2D eigenvalue weighted by Gasteiger charge is 2.14. The molecule has 0 saturated heterocycles. The molecule has 1 aliphatic heterocycles. The molecule has 2 heterocycles. The summed E-state index contributed by atoms with van der Waals surface area (Å²) in [4.78, 5) is 4.01. The first kappa shape index (κ1) is 12.0. The zero-order chi connectivity index (χ0) is 13.1. The van der Waals surface area contributed by atoms with Crippen molar-refractivity contribution in [3.63, 3.8) is 0 Å². The Hall–Kier alpha value is -2.01. The van der Waals surface area contributed by atoms with Gasteiger partial charge in [0.1, 0.15) is 0 Å². The third-order valence-corrected chi connectivity index (χ3v) is 3.17. The number of aromatic nitrogens is 2. The van der Waals surface area contributed by atoms with Gasteiger partial charge in [-0.2, -0.15) is 0 Å². The van der Waals surface area contributed by atoms with Gasteiger partial charge in [0, 0.05) is 31.4 Å². The zero-order valence-electron chi connectivity index (χ0n) is 10.7. The molecule has 1 atom stereocenters. The molecule has 1 aliphatic rings. The van der Waals surface area contributed by atoms with Gasteiger partial charge in [-0.15, -0.1) is 0 Å². The van der Waals surface area contributed by atoms with Crippen molar-refractivity contribution in [2.45, 2.75) is 19.0 Å². The summed E-state index contributed by atoms with van der Waals surface area (Å²) in [5, 5.41) is 0. The van der Waals surface area contributed by atoms with E-state index in [1.54, 1.807) is 12.5 Å². The molecule has 1 aromatic heterocycles. The molecule has 3 rings (SSSR count). The van der Waals surface area contributed by atoms with Gasteiger partial charge in [-0.1, -0.05) is 6.07 Å². The first-order valence-corrected chi connectivity index (χ1v) is 6.44. The van der Waals surface area contributed by atoms with Crippen LogP contribution in [0.4, 0.5) is 0 Å². The minimum atomic E-state index is -0.0913. The number of imidazole rings is 1. The van der Waals surface area contributed by atoms with E-state index in [9.17, 15) is 0 Å². The van der Waals surface area contributed by atoms with Crippen molar-refractivity contribution < 1.29 is 9.47 Å². The van der Waals surface area contributed by atoms with E-state index in [1.165, 1.54) is 0 Å². The summed E-state index contributed by atoms with van der Waals surface area (Å²) in [6.07, 6.45) is 6.33.